The maximum atomic E-state index is 13.2. The van der Waals surface area contributed by atoms with Gasteiger partial charge in [0.25, 0.3) is 5.91 Å². The SMILES string of the molecule is Cc1ccc2cc(C(=O)N3CCc4nnc(C5CCCN(C)C5)n4CC3)[nH]c2c1. The minimum Gasteiger partial charge on any atom is -0.351 e. The Hall–Kier alpha value is -2.67. The van der Waals surface area contributed by atoms with Gasteiger partial charge in [-0.3, -0.25) is 4.79 Å². The van der Waals surface area contributed by atoms with Gasteiger partial charge in [-0.05, 0) is 51.1 Å². The second kappa shape index (κ2) is 7.30. The van der Waals surface area contributed by atoms with Crippen molar-refractivity contribution in [2.75, 3.05) is 33.2 Å². The summed E-state index contributed by atoms with van der Waals surface area (Å²) in [6.07, 6.45) is 3.12. The lowest BCUT2D eigenvalue weighted by Crippen LogP contribution is -2.34. The number of hydrogen-bond acceptors (Lipinski definition) is 4. The first-order chi connectivity index (χ1) is 14.1. The van der Waals surface area contributed by atoms with Crippen molar-refractivity contribution in [1.82, 2.24) is 29.5 Å². The third-order valence-corrected chi connectivity index (χ3v) is 6.34. The number of likely N-dealkylation sites (N-methyl/N-ethyl adjacent to an activating group) is 1. The van der Waals surface area contributed by atoms with Gasteiger partial charge in [-0.2, -0.15) is 0 Å². The number of carbonyl (C=O) groups excluding carboxylic acids is 1. The summed E-state index contributed by atoms with van der Waals surface area (Å²) in [7, 11) is 2.17. The van der Waals surface area contributed by atoms with Gasteiger partial charge in [0.1, 0.15) is 17.3 Å². The number of likely N-dealkylation sites (tertiary alicyclic amines) is 1. The van der Waals surface area contributed by atoms with Crippen molar-refractivity contribution in [2.45, 2.75) is 38.6 Å². The molecular formula is C22H28N6O. The first-order valence-corrected chi connectivity index (χ1v) is 10.6. The molecule has 1 aromatic carbocycles. The van der Waals surface area contributed by atoms with Gasteiger partial charge in [0, 0.05) is 49.4 Å². The lowest BCUT2D eigenvalue weighted by atomic mass is 9.97. The minimum atomic E-state index is 0.0662. The van der Waals surface area contributed by atoms with Crippen molar-refractivity contribution in [3.63, 3.8) is 0 Å². The summed E-state index contributed by atoms with van der Waals surface area (Å²) in [5.74, 6) is 2.61. The molecule has 1 saturated heterocycles. The second-order valence-electron chi connectivity index (χ2n) is 8.54. The number of hydrogen-bond donors (Lipinski definition) is 1. The van der Waals surface area contributed by atoms with Gasteiger partial charge in [-0.25, -0.2) is 0 Å². The smallest absolute Gasteiger partial charge is 0.270 e. The Balaban J connectivity index is 1.34. The average molecular weight is 393 g/mol. The third kappa shape index (κ3) is 3.44. The van der Waals surface area contributed by atoms with Crippen molar-refractivity contribution in [1.29, 1.82) is 0 Å². The highest BCUT2D eigenvalue weighted by Crippen LogP contribution is 2.26. The van der Waals surface area contributed by atoms with Gasteiger partial charge >= 0.3 is 0 Å². The number of fused-ring (bicyclic) bond motifs is 2. The Bertz CT molecular complexity index is 1050. The summed E-state index contributed by atoms with van der Waals surface area (Å²) < 4.78 is 2.27. The van der Waals surface area contributed by atoms with Crippen molar-refractivity contribution >= 4 is 16.8 Å². The fraction of sp³-hybridized carbons (Fsp3) is 0.500. The summed E-state index contributed by atoms with van der Waals surface area (Å²) in [6.45, 7) is 6.39. The van der Waals surface area contributed by atoms with Crippen LogP contribution in [0.3, 0.4) is 0 Å². The van der Waals surface area contributed by atoms with Crippen LogP contribution in [0.15, 0.2) is 24.3 Å². The molecule has 1 N–H and O–H groups in total. The van der Waals surface area contributed by atoms with E-state index in [4.69, 9.17) is 0 Å². The van der Waals surface area contributed by atoms with E-state index in [1.54, 1.807) is 0 Å². The molecule has 3 aromatic rings. The van der Waals surface area contributed by atoms with Gasteiger partial charge in [0.2, 0.25) is 0 Å². The average Bonchev–Trinajstić information content (AvgIpc) is 3.25. The minimum absolute atomic E-state index is 0.0662. The molecule has 2 aliphatic heterocycles. The van der Waals surface area contributed by atoms with Gasteiger partial charge in [-0.15, -0.1) is 10.2 Å². The number of benzene rings is 1. The molecule has 0 spiro atoms. The van der Waals surface area contributed by atoms with Gasteiger partial charge in [0.15, 0.2) is 0 Å². The van der Waals surface area contributed by atoms with Crippen LogP contribution in [0, 0.1) is 6.92 Å². The Labute approximate surface area is 170 Å². The monoisotopic (exact) mass is 392 g/mol. The van der Waals surface area contributed by atoms with Crippen molar-refractivity contribution in [2.24, 2.45) is 0 Å². The molecule has 7 nitrogen and oxygen atoms in total. The molecule has 1 atom stereocenters. The summed E-state index contributed by atoms with van der Waals surface area (Å²) >= 11 is 0. The number of amides is 1. The Morgan fingerprint density at radius 3 is 2.90 bits per heavy atom. The van der Waals surface area contributed by atoms with Crippen LogP contribution in [0.4, 0.5) is 0 Å². The zero-order chi connectivity index (χ0) is 20.0. The summed E-state index contributed by atoms with van der Waals surface area (Å²) in [4.78, 5) is 20.8. The lowest BCUT2D eigenvalue weighted by Gasteiger charge is -2.29. The molecule has 1 amide bonds. The second-order valence-corrected chi connectivity index (χ2v) is 8.54. The van der Waals surface area contributed by atoms with Gasteiger partial charge in [-0.1, -0.05) is 12.1 Å². The third-order valence-electron chi connectivity index (χ3n) is 6.34. The van der Waals surface area contributed by atoms with E-state index in [0.29, 0.717) is 24.7 Å². The topological polar surface area (TPSA) is 70.1 Å². The van der Waals surface area contributed by atoms with E-state index in [1.807, 2.05) is 11.0 Å². The molecule has 29 heavy (non-hydrogen) atoms. The number of nitrogens with one attached hydrogen (secondary N) is 1. The Morgan fingerprint density at radius 1 is 1.14 bits per heavy atom. The number of piperidine rings is 1. The fourth-order valence-electron chi connectivity index (χ4n) is 4.75. The number of aromatic nitrogens is 4. The quantitative estimate of drug-likeness (QED) is 0.728. The highest BCUT2D eigenvalue weighted by Gasteiger charge is 2.28. The number of nitrogens with zero attached hydrogens (tertiary/aromatic N) is 5. The van der Waals surface area contributed by atoms with E-state index in [1.165, 1.54) is 18.4 Å². The maximum Gasteiger partial charge on any atom is 0.270 e. The van der Waals surface area contributed by atoms with Crippen molar-refractivity contribution in [3.8, 4) is 0 Å². The molecule has 0 saturated carbocycles. The highest BCUT2D eigenvalue weighted by atomic mass is 16.2. The largest absolute Gasteiger partial charge is 0.351 e. The van der Waals surface area contributed by atoms with Crippen LogP contribution in [0.25, 0.3) is 10.9 Å². The molecule has 2 aromatic heterocycles. The number of rotatable bonds is 2. The van der Waals surface area contributed by atoms with Gasteiger partial charge in [0.05, 0.1) is 0 Å². The van der Waals surface area contributed by atoms with Crippen LogP contribution >= 0.6 is 0 Å². The Morgan fingerprint density at radius 2 is 2.03 bits per heavy atom. The van der Waals surface area contributed by atoms with E-state index in [-0.39, 0.29) is 5.91 Å². The molecule has 1 unspecified atom stereocenters. The van der Waals surface area contributed by atoms with Crippen LogP contribution in [0.2, 0.25) is 0 Å². The number of aromatic amines is 1. The lowest BCUT2D eigenvalue weighted by molar-refractivity contribution is 0.0753. The zero-order valence-electron chi connectivity index (χ0n) is 17.2. The van der Waals surface area contributed by atoms with Crippen LogP contribution in [0.5, 0.6) is 0 Å². The molecule has 4 heterocycles. The summed E-state index contributed by atoms with van der Waals surface area (Å²) in [6, 6.07) is 8.19. The van der Waals surface area contributed by atoms with Crippen LogP contribution in [-0.2, 0) is 13.0 Å². The summed E-state index contributed by atoms with van der Waals surface area (Å²) in [5, 5.41) is 10.1. The molecule has 0 radical (unpaired) electrons. The zero-order valence-corrected chi connectivity index (χ0v) is 17.2. The molecule has 0 bridgehead atoms. The van der Waals surface area contributed by atoms with E-state index in [9.17, 15) is 4.79 Å². The molecule has 5 rings (SSSR count). The first kappa shape index (κ1) is 18.4. The predicted octanol–water partition coefficient (Wildman–Crippen LogP) is 2.58. The van der Waals surface area contributed by atoms with E-state index >= 15 is 0 Å². The normalized spacial score (nSPS) is 20.6. The van der Waals surface area contributed by atoms with Gasteiger partial charge < -0.3 is 19.4 Å². The Kier molecular flexibility index (Phi) is 4.62. The molecule has 152 valence electrons. The molecule has 0 aliphatic carbocycles. The number of H-pyrrole nitrogens is 1. The molecule has 7 heteroatoms. The number of carbonyl (C=O) groups is 1. The predicted molar refractivity (Wildman–Crippen MR) is 112 cm³/mol. The van der Waals surface area contributed by atoms with E-state index in [0.717, 1.165) is 48.6 Å². The van der Waals surface area contributed by atoms with Crippen LogP contribution in [-0.4, -0.2) is 68.7 Å². The van der Waals surface area contributed by atoms with E-state index in [2.05, 4.69) is 56.8 Å². The first-order valence-electron chi connectivity index (χ1n) is 10.6. The molecular weight excluding hydrogens is 364 g/mol. The van der Waals surface area contributed by atoms with Crippen molar-refractivity contribution < 1.29 is 4.79 Å². The van der Waals surface area contributed by atoms with Crippen LogP contribution < -0.4 is 0 Å². The molecule has 1 fully saturated rings. The standard InChI is InChI=1S/C22H28N6O/c1-15-5-6-16-13-19(23-18(16)12-15)22(29)27-9-7-20-24-25-21(28(20)11-10-27)17-4-3-8-26(2)14-17/h5-6,12-13,17,23H,3-4,7-11,14H2,1-2H3. The van der Waals surface area contributed by atoms with Crippen molar-refractivity contribution in [3.05, 3.63) is 47.2 Å². The maximum absolute atomic E-state index is 13.2. The fourth-order valence-corrected chi connectivity index (χ4v) is 4.75. The highest BCUT2D eigenvalue weighted by molar-refractivity contribution is 5.98. The molecule has 2 aliphatic rings. The number of aryl methyl sites for hydroxylation is 1. The van der Waals surface area contributed by atoms with E-state index < -0.39 is 0 Å². The van der Waals surface area contributed by atoms with Crippen LogP contribution in [0.1, 0.15) is 46.5 Å². The summed E-state index contributed by atoms with van der Waals surface area (Å²) in [5.41, 5.74) is 2.87.